The lowest BCUT2D eigenvalue weighted by Gasteiger charge is -2.10. The molecule has 5 nitrogen and oxygen atoms in total. The molecule has 5 heteroatoms. The molecular formula is C16H21N3O2. The molecule has 1 N–H and O–H groups in total. The fourth-order valence-corrected chi connectivity index (χ4v) is 1.91. The zero-order chi connectivity index (χ0) is 14.9. The van der Waals surface area contributed by atoms with Crippen LogP contribution in [0.2, 0.25) is 0 Å². The lowest BCUT2D eigenvalue weighted by molar-refractivity contribution is 0.184. The number of nitrogens with one attached hydrogen (secondary N) is 1. The molecule has 0 aliphatic heterocycles. The summed E-state index contributed by atoms with van der Waals surface area (Å²) in [5, 5.41) is 3.22. The Hall–Kier alpha value is -2.14. The highest BCUT2D eigenvalue weighted by molar-refractivity contribution is 5.33. The van der Waals surface area contributed by atoms with Gasteiger partial charge in [-0.2, -0.15) is 4.98 Å². The highest BCUT2D eigenvalue weighted by atomic mass is 16.5. The van der Waals surface area contributed by atoms with E-state index in [1.54, 1.807) is 19.4 Å². The molecule has 1 aromatic carbocycles. The molecule has 112 valence electrons. The topological polar surface area (TPSA) is 56.3 Å². The summed E-state index contributed by atoms with van der Waals surface area (Å²) in [4.78, 5) is 8.53. The van der Waals surface area contributed by atoms with Gasteiger partial charge < -0.3 is 14.8 Å². The predicted octanol–water partition coefficient (Wildman–Crippen LogP) is 3.02. The molecule has 0 saturated carbocycles. The molecule has 2 rings (SSSR count). The van der Waals surface area contributed by atoms with Crippen LogP contribution in [0.15, 0.2) is 36.5 Å². The van der Waals surface area contributed by atoms with Gasteiger partial charge in [-0.05, 0) is 17.5 Å². The van der Waals surface area contributed by atoms with Crippen molar-refractivity contribution in [2.75, 3.05) is 19.0 Å². The van der Waals surface area contributed by atoms with Gasteiger partial charge in [0.15, 0.2) is 0 Å². The van der Waals surface area contributed by atoms with E-state index in [1.165, 1.54) is 5.56 Å². The van der Waals surface area contributed by atoms with Crippen molar-refractivity contribution in [1.29, 1.82) is 0 Å². The van der Waals surface area contributed by atoms with Gasteiger partial charge in [0.25, 0.3) is 0 Å². The van der Waals surface area contributed by atoms with Gasteiger partial charge in [-0.1, -0.05) is 31.2 Å². The maximum absolute atomic E-state index is 5.50. The molecule has 21 heavy (non-hydrogen) atoms. The molecule has 1 aromatic heterocycles. The number of methoxy groups -OCH3 is 1. The van der Waals surface area contributed by atoms with Crippen LogP contribution in [0.3, 0.4) is 0 Å². The van der Waals surface area contributed by atoms with Gasteiger partial charge in [0.1, 0.15) is 0 Å². The van der Waals surface area contributed by atoms with Crippen molar-refractivity contribution in [1.82, 2.24) is 9.97 Å². The van der Waals surface area contributed by atoms with E-state index in [4.69, 9.17) is 9.47 Å². The third kappa shape index (κ3) is 4.72. The van der Waals surface area contributed by atoms with Crippen molar-refractivity contribution in [2.24, 2.45) is 0 Å². The van der Waals surface area contributed by atoms with E-state index in [1.807, 2.05) is 12.1 Å². The summed E-state index contributed by atoms with van der Waals surface area (Å²) in [7, 11) is 1.70. The van der Waals surface area contributed by atoms with Crippen molar-refractivity contribution < 1.29 is 9.47 Å². The summed E-state index contributed by atoms with van der Waals surface area (Å²) in [5.41, 5.74) is 2.33. The number of aromatic nitrogens is 2. The Kier molecular flexibility index (Phi) is 5.97. The lowest BCUT2D eigenvalue weighted by atomic mass is 10.1. The first-order valence-corrected chi connectivity index (χ1v) is 7.09. The Bertz CT molecular complexity index is 561. The highest BCUT2D eigenvalue weighted by Crippen LogP contribution is 2.13. The number of nitrogens with zero attached hydrogens (tertiary/aromatic N) is 2. The van der Waals surface area contributed by atoms with Crippen LogP contribution in [0.5, 0.6) is 5.88 Å². The molecule has 0 spiro atoms. The fraction of sp³-hybridized carbons (Fsp3) is 0.375. The second-order valence-electron chi connectivity index (χ2n) is 4.62. The van der Waals surface area contributed by atoms with Gasteiger partial charge in [-0.15, -0.1) is 0 Å². The van der Waals surface area contributed by atoms with E-state index in [0.29, 0.717) is 31.6 Å². The van der Waals surface area contributed by atoms with E-state index in [0.717, 1.165) is 12.0 Å². The Morgan fingerprint density at radius 3 is 2.71 bits per heavy atom. The van der Waals surface area contributed by atoms with E-state index < -0.39 is 0 Å². The van der Waals surface area contributed by atoms with Gasteiger partial charge >= 0.3 is 0 Å². The molecule has 0 atom stereocenters. The van der Waals surface area contributed by atoms with Crippen molar-refractivity contribution in [3.8, 4) is 5.88 Å². The van der Waals surface area contributed by atoms with Crippen LogP contribution in [-0.4, -0.2) is 23.7 Å². The van der Waals surface area contributed by atoms with E-state index in [2.05, 4.69) is 34.3 Å². The summed E-state index contributed by atoms with van der Waals surface area (Å²) < 4.78 is 10.7. The molecule has 0 aliphatic carbocycles. The first-order valence-electron chi connectivity index (χ1n) is 7.09. The maximum atomic E-state index is 5.50. The summed E-state index contributed by atoms with van der Waals surface area (Å²) in [6.45, 7) is 3.97. The molecule has 0 bridgehead atoms. The van der Waals surface area contributed by atoms with Crippen LogP contribution in [0.25, 0.3) is 0 Å². The third-order valence-electron chi connectivity index (χ3n) is 2.94. The van der Waals surface area contributed by atoms with E-state index >= 15 is 0 Å². The SMILES string of the molecule is CCCOc1ccnc(NCc2ccccc2COC)n1. The number of ether oxygens (including phenoxy) is 2. The molecule has 1 heterocycles. The minimum Gasteiger partial charge on any atom is -0.478 e. The van der Waals surface area contributed by atoms with Crippen molar-refractivity contribution in [2.45, 2.75) is 26.5 Å². The summed E-state index contributed by atoms with van der Waals surface area (Å²) >= 11 is 0. The van der Waals surface area contributed by atoms with Crippen molar-refractivity contribution >= 4 is 5.95 Å². The standard InChI is InChI=1S/C16H21N3O2/c1-3-10-21-15-8-9-17-16(19-15)18-11-13-6-4-5-7-14(13)12-20-2/h4-9H,3,10-12H2,1-2H3,(H,17,18,19). The summed E-state index contributed by atoms with van der Waals surface area (Å²) in [6.07, 6.45) is 2.65. The Balaban J connectivity index is 1.99. The van der Waals surface area contributed by atoms with Gasteiger partial charge in [0.05, 0.1) is 13.2 Å². The number of benzene rings is 1. The largest absolute Gasteiger partial charge is 0.478 e. The smallest absolute Gasteiger partial charge is 0.226 e. The van der Waals surface area contributed by atoms with Crippen molar-refractivity contribution in [3.05, 3.63) is 47.7 Å². The average molecular weight is 287 g/mol. The fourth-order valence-electron chi connectivity index (χ4n) is 1.91. The molecule has 0 amide bonds. The first kappa shape index (κ1) is 15.3. The van der Waals surface area contributed by atoms with Gasteiger partial charge in [-0.25, -0.2) is 4.98 Å². The van der Waals surface area contributed by atoms with Crippen LogP contribution in [0.4, 0.5) is 5.95 Å². The summed E-state index contributed by atoms with van der Waals surface area (Å²) in [6, 6.07) is 9.91. The maximum Gasteiger partial charge on any atom is 0.226 e. The van der Waals surface area contributed by atoms with E-state index in [-0.39, 0.29) is 0 Å². The monoisotopic (exact) mass is 287 g/mol. The molecule has 0 fully saturated rings. The van der Waals surface area contributed by atoms with Crippen LogP contribution < -0.4 is 10.1 Å². The van der Waals surface area contributed by atoms with Crippen LogP contribution in [0, 0.1) is 0 Å². The molecule has 0 aliphatic rings. The quantitative estimate of drug-likeness (QED) is 0.808. The highest BCUT2D eigenvalue weighted by Gasteiger charge is 2.03. The van der Waals surface area contributed by atoms with Gasteiger partial charge in [-0.3, -0.25) is 0 Å². The Morgan fingerprint density at radius 1 is 1.14 bits per heavy atom. The Labute approximate surface area is 125 Å². The molecule has 2 aromatic rings. The third-order valence-corrected chi connectivity index (χ3v) is 2.94. The Morgan fingerprint density at radius 2 is 1.95 bits per heavy atom. The first-order chi connectivity index (χ1) is 10.3. The zero-order valence-corrected chi connectivity index (χ0v) is 12.5. The molecular weight excluding hydrogens is 266 g/mol. The van der Waals surface area contributed by atoms with Crippen LogP contribution in [0.1, 0.15) is 24.5 Å². The number of anilines is 1. The molecule has 0 unspecified atom stereocenters. The number of rotatable bonds is 8. The summed E-state index contributed by atoms with van der Waals surface area (Å²) in [5.74, 6) is 1.16. The lowest BCUT2D eigenvalue weighted by Crippen LogP contribution is -2.07. The number of hydrogen-bond acceptors (Lipinski definition) is 5. The predicted molar refractivity (Wildman–Crippen MR) is 82.3 cm³/mol. The van der Waals surface area contributed by atoms with E-state index in [9.17, 15) is 0 Å². The van der Waals surface area contributed by atoms with Crippen molar-refractivity contribution in [3.63, 3.8) is 0 Å². The average Bonchev–Trinajstić information content (AvgIpc) is 2.53. The minimum absolute atomic E-state index is 0.566. The second kappa shape index (κ2) is 8.21. The minimum atomic E-state index is 0.566. The van der Waals surface area contributed by atoms with Gasteiger partial charge in [0.2, 0.25) is 11.8 Å². The van der Waals surface area contributed by atoms with Crippen LogP contribution >= 0.6 is 0 Å². The second-order valence-corrected chi connectivity index (χ2v) is 4.62. The number of hydrogen-bond donors (Lipinski definition) is 1. The van der Waals surface area contributed by atoms with Gasteiger partial charge in [0, 0.05) is 25.9 Å². The molecule has 0 saturated heterocycles. The normalized spacial score (nSPS) is 10.4. The van der Waals surface area contributed by atoms with Crippen LogP contribution in [-0.2, 0) is 17.9 Å². The zero-order valence-electron chi connectivity index (χ0n) is 12.5. The molecule has 0 radical (unpaired) electrons.